The molecule has 4 N–H and O–H groups in total. The number of nitro groups is 1. The number of benzene rings is 2. The minimum Gasteiger partial charge on any atom is -0.480 e. The first-order chi connectivity index (χ1) is 18.4. The van der Waals surface area contributed by atoms with Crippen LogP contribution < -0.4 is 10.1 Å². The summed E-state index contributed by atoms with van der Waals surface area (Å²) >= 11 is 5.81. The highest BCUT2D eigenvalue weighted by Gasteiger charge is 2.31. The van der Waals surface area contributed by atoms with Gasteiger partial charge in [-0.25, -0.2) is 9.59 Å². The molecular weight excluding hydrogens is 596 g/mol. The number of halogens is 4. The Bertz CT molecular complexity index is 1290. The third kappa shape index (κ3) is 12.4. The molecule has 2 rings (SSSR count). The summed E-state index contributed by atoms with van der Waals surface area (Å²) in [4.78, 5) is 59.9. The van der Waals surface area contributed by atoms with E-state index in [1.807, 2.05) is 0 Å². The highest BCUT2D eigenvalue weighted by Crippen LogP contribution is 2.37. The van der Waals surface area contributed by atoms with Gasteiger partial charge in [-0.2, -0.15) is 13.2 Å². The summed E-state index contributed by atoms with van der Waals surface area (Å²) in [6, 6.07) is 5.35. The summed E-state index contributed by atoms with van der Waals surface area (Å²) in [5, 5.41) is 20.9. The van der Waals surface area contributed by atoms with Crippen molar-refractivity contribution >= 4 is 42.8 Å². The second kappa shape index (κ2) is 15.1. The molecule has 0 aliphatic carbocycles. The Balaban J connectivity index is 0.000000680. The lowest BCUT2D eigenvalue weighted by atomic mass is 10.1. The number of alkyl halides is 3. The molecule has 0 aromatic heterocycles. The molecular formula is C21H21ClF3N2O12P. The Hall–Kier alpha value is -3.76. The molecule has 2 aromatic carbocycles. The first kappa shape index (κ1) is 34.3. The Morgan fingerprint density at radius 1 is 1.12 bits per heavy atom. The van der Waals surface area contributed by atoms with Crippen LogP contribution in [0.4, 0.5) is 18.9 Å². The average Bonchev–Trinajstić information content (AvgIpc) is 2.82. The number of hydrogen-bond donors (Lipinski definition) is 4. The number of carbonyl (C=O) groups is 3. The van der Waals surface area contributed by atoms with E-state index in [0.717, 1.165) is 30.3 Å². The SMILES string of the molecule is CCOC(=O)COC(=O)c1cc(Oc2ccc(C(F)(F)F)cc2Cl)ccc1[N+](=O)[O-].O=C(O)CNCP(=O)(O)O. The number of hydrogen-bond acceptors (Lipinski definition) is 10. The van der Waals surface area contributed by atoms with Gasteiger partial charge in [0.15, 0.2) is 6.61 Å². The molecule has 0 radical (unpaired) electrons. The maximum Gasteiger partial charge on any atom is 0.416 e. The number of nitrogens with zero attached hydrogens (tertiary/aromatic N) is 1. The molecule has 2 aromatic rings. The van der Waals surface area contributed by atoms with Crippen molar-refractivity contribution in [3.63, 3.8) is 0 Å². The van der Waals surface area contributed by atoms with Crippen LogP contribution in [0.25, 0.3) is 0 Å². The number of esters is 2. The van der Waals surface area contributed by atoms with Crippen molar-refractivity contribution in [3.8, 4) is 11.5 Å². The first-order valence-electron chi connectivity index (χ1n) is 10.6. The number of nitrogens with one attached hydrogen (secondary N) is 1. The van der Waals surface area contributed by atoms with E-state index in [2.05, 4.69) is 10.1 Å². The fraction of sp³-hybridized carbons (Fsp3) is 0.286. The number of carboxylic acid groups (broad SMARTS) is 1. The lowest BCUT2D eigenvalue weighted by molar-refractivity contribution is -0.385. The molecule has 0 bridgehead atoms. The number of carboxylic acids is 1. The third-order valence-electron chi connectivity index (χ3n) is 4.09. The molecule has 0 saturated heterocycles. The zero-order chi connectivity index (χ0) is 30.7. The predicted octanol–water partition coefficient (Wildman–Crippen LogP) is 3.58. The Kier molecular flexibility index (Phi) is 13.0. The standard InChI is InChI=1S/C18H13ClF3NO7.C3H8NO5P/c1-2-28-16(24)9-29-17(25)12-8-11(4-5-14(12)23(26)27)30-15-6-3-10(7-13(15)19)18(20,21)22;5-3(6)1-4-2-10(7,8)9/h3-8H,2,9H2,1H3;4H,1-2H2,(H,5,6)(H2,7,8,9). The molecule has 0 aliphatic rings. The summed E-state index contributed by atoms with van der Waals surface area (Å²) in [5.74, 6) is -3.50. The van der Waals surface area contributed by atoms with Crippen LogP contribution in [0.2, 0.25) is 5.02 Å². The minimum atomic E-state index is -4.61. The lowest BCUT2D eigenvalue weighted by Gasteiger charge is -2.12. The Morgan fingerprint density at radius 2 is 1.77 bits per heavy atom. The highest BCUT2D eigenvalue weighted by atomic mass is 35.5. The van der Waals surface area contributed by atoms with Crippen LogP contribution >= 0.6 is 19.2 Å². The number of aliphatic carboxylic acids is 1. The van der Waals surface area contributed by atoms with E-state index in [4.69, 9.17) is 36.0 Å². The molecule has 40 heavy (non-hydrogen) atoms. The van der Waals surface area contributed by atoms with E-state index in [0.29, 0.717) is 6.07 Å². The van der Waals surface area contributed by atoms with Crippen molar-refractivity contribution in [1.82, 2.24) is 5.32 Å². The second-order valence-corrected chi connectivity index (χ2v) is 9.26. The maximum atomic E-state index is 12.7. The fourth-order valence-corrected chi connectivity index (χ4v) is 3.12. The van der Waals surface area contributed by atoms with E-state index in [1.54, 1.807) is 0 Å². The molecule has 19 heteroatoms. The van der Waals surface area contributed by atoms with Gasteiger partial charge in [-0.15, -0.1) is 0 Å². The van der Waals surface area contributed by atoms with Gasteiger partial charge >= 0.3 is 31.7 Å². The van der Waals surface area contributed by atoms with Gasteiger partial charge < -0.3 is 29.1 Å². The van der Waals surface area contributed by atoms with E-state index >= 15 is 0 Å². The monoisotopic (exact) mass is 616 g/mol. The van der Waals surface area contributed by atoms with Gasteiger partial charge in [0.2, 0.25) is 0 Å². The van der Waals surface area contributed by atoms with E-state index in [9.17, 15) is 42.2 Å². The largest absolute Gasteiger partial charge is 0.480 e. The molecule has 0 aliphatic heterocycles. The van der Waals surface area contributed by atoms with Gasteiger partial charge in [-0.3, -0.25) is 24.8 Å². The van der Waals surface area contributed by atoms with Gasteiger partial charge in [0.1, 0.15) is 17.1 Å². The quantitative estimate of drug-likeness (QED) is 0.123. The van der Waals surface area contributed by atoms with Gasteiger partial charge in [-0.1, -0.05) is 11.6 Å². The van der Waals surface area contributed by atoms with E-state index in [-0.39, 0.29) is 23.1 Å². The molecule has 0 saturated carbocycles. The summed E-state index contributed by atoms with van der Waals surface area (Å²) in [6.45, 7) is 0.385. The van der Waals surface area contributed by atoms with Crippen molar-refractivity contribution in [1.29, 1.82) is 0 Å². The smallest absolute Gasteiger partial charge is 0.416 e. The summed E-state index contributed by atoms with van der Waals surface area (Å²) < 4.78 is 62.8. The molecule has 0 amide bonds. The zero-order valence-corrected chi connectivity index (χ0v) is 21.9. The third-order valence-corrected chi connectivity index (χ3v) is 5.02. The van der Waals surface area contributed by atoms with Crippen molar-refractivity contribution in [2.75, 3.05) is 26.0 Å². The Labute approximate surface area is 227 Å². The molecule has 0 atom stereocenters. The van der Waals surface area contributed by atoms with Crippen molar-refractivity contribution in [3.05, 3.63) is 62.7 Å². The first-order valence-corrected chi connectivity index (χ1v) is 12.7. The predicted molar refractivity (Wildman–Crippen MR) is 129 cm³/mol. The normalized spacial score (nSPS) is 11.1. The summed E-state index contributed by atoms with van der Waals surface area (Å²) in [7, 11) is -4.10. The molecule has 0 heterocycles. The van der Waals surface area contributed by atoms with Crippen LogP contribution in [-0.4, -0.2) is 63.8 Å². The molecule has 220 valence electrons. The lowest BCUT2D eigenvalue weighted by Crippen LogP contribution is -2.23. The molecule has 0 unspecified atom stereocenters. The number of ether oxygens (including phenoxy) is 3. The molecule has 14 nitrogen and oxygen atoms in total. The van der Waals surface area contributed by atoms with Crippen LogP contribution in [0.1, 0.15) is 22.8 Å². The van der Waals surface area contributed by atoms with Gasteiger partial charge in [0, 0.05) is 12.1 Å². The number of rotatable bonds is 11. The van der Waals surface area contributed by atoms with E-state index < -0.39 is 72.9 Å². The number of nitro benzene ring substituents is 1. The van der Waals surface area contributed by atoms with Crippen LogP contribution in [-0.2, 0) is 29.8 Å². The minimum absolute atomic E-state index is 0.0493. The van der Waals surface area contributed by atoms with Crippen LogP contribution in [0.15, 0.2) is 36.4 Å². The van der Waals surface area contributed by atoms with Gasteiger partial charge in [-0.05, 0) is 31.2 Å². The van der Waals surface area contributed by atoms with Crippen LogP contribution in [0.3, 0.4) is 0 Å². The Morgan fingerprint density at radius 3 is 2.27 bits per heavy atom. The van der Waals surface area contributed by atoms with Gasteiger partial charge in [0.05, 0.1) is 34.9 Å². The van der Waals surface area contributed by atoms with E-state index in [1.165, 1.54) is 6.92 Å². The second-order valence-electron chi connectivity index (χ2n) is 7.21. The van der Waals surface area contributed by atoms with Crippen molar-refractivity contribution in [2.24, 2.45) is 0 Å². The van der Waals surface area contributed by atoms with Gasteiger partial charge in [0.25, 0.3) is 5.69 Å². The van der Waals surface area contributed by atoms with Crippen LogP contribution in [0, 0.1) is 10.1 Å². The topological polar surface area (TPSA) is 212 Å². The summed E-state index contributed by atoms with van der Waals surface area (Å²) in [5.41, 5.74) is -2.16. The average molecular weight is 617 g/mol. The zero-order valence-electron chi connectivity index (χ0n) is 20.2. The van der Waals surface area contributed by atoms with Crippen LogP contribution in [0.5, 0.6) is 11.5 Å². The maximum absolute atomic E-state index is 12.7. The van der Waals surface area contributed by atoms with Crippen molar-refractivity contribution in [2.45, 2.75) is 13.1 Å². The number of carbonyl (C=O) groups excluding carboxylic acids is 2. The molecule has 0 spiro atoms. The molecule has 0 fully saturated rings. The van der Waals surface area contributed by atoms with Crippen molar-refractivity contribution < 1.29 is 66.1 Å². The highest BCUT2D eigenvalue weighted by molar-refractivity contribution is 7.51. The summed E-state index contributed by atoms with van der Waals surface area (Å²) in [6.07, 6.45) is -5.20. The fourth-order valence-electron chi connectivity index (χ4n) is 2.50.